The molecule has 1 saturated heterocycles. The van der Waals surface area contributed by atoms with Crippen molar-refractivity contribution in [2.24, 2.45) is 0 Å². The molecule has 1 aromatic heterocycles. The number of morpholine rings is 1. The molecule has 1 aromatic rings. The Morgan fingerprint density at radius 3 is 3.14 bits per heavy atom. The average molecular weight is 294 g/mol. The molecule has 8 heteroatoms. The van der Waals surface area contributed by atoms with Crippen LogP contribution in [-0.2, 0) is 16.1 Å². The molecule has 0 aromatic carbocycles. The van der Waals surface area contributed by atoms with E-state index < -0.39 is 5.97 Å². The van der Waals surface area contributed by atoms with E-state index in [4.69, 9.17) is 9.84 Å². The van der Waals surface area contributed by atoms with E-state index in [9.17, 15) is 9.59 Å². The van der Waals surface area contributed by atoms with Crippen LogP contribution in [0.25, 0.3) is 0 Å². The number of carboxylic acid groups (broad SMARTS) is 1. The first-order chi connectivity index (χ1) is 10.1. The van der Waals surface area contributed by atoms with E-state index in [-0.39, 0.29) is 24.7 Å². The molecular formula is C13H18N4O4. The molecule has 2 unspecified atom stereocenters. The van der Waals surface area contributed by atoms with E-state index in [1.54, 1.807) is 0 Å². The Morgan fingerprint density at radius 2 is 2.33 bits per heavy atom. The molecule has 2 heterocycles. The SMILES string of the molecule is O=C(O)Cn1cc(NC(=O)N2CCOC3CCCC32)cn1. The van der Waals surface area contributed by atoms with Crippen LogP contribution in [0, 0.1) is 0 Å². The Bertz CT molecular complexity index is 544. The van der Waals surface area contributed by atoms with Crippen molar-refractivity contribution in [3.8, 4) is 0 Å². The minimum Gasteiger partial charge on any atom is -0.480 e. The molecular weight excluding hydrogens is 276 g/mol. The van der Waals surface area contributed by atoms with E-state index in [1.165, 1.54) is 17.1 Å². The lowest BCUT2D eigenvalue weighted by atomic mass is 10.1. The van der Waals surface area contributed by atoms with Crippen molar-refractivity contribution in [2.45, 2.75) is 38.0 Å². The predicted molar refractivity (Wildman–Crippen MR) is 73.0 cm³/mol. The highest BCUT2D eigenvalue weighted by Crippen LogP contribution is 2.30. The molecule has 114 valence electrons. The number of hydrogen-bond acceptors (Lipinski definition) is 4. The maximum atomic E-state index is 12.3. The molecule has 1 saturated carbocycles. The number of fused-ring (bicyclic) bond motifs is 1. The van der Waals surface area contributed by atoms with E-state index >= 15 is 0 Å². The number of carbonyl (C=O) groups is 2. The number of ether oxygens (including phenoxy) is 1. The summed E-state index contributed by atoms with van der Waals surface area (Å²) in [6, 6.07) is -0.0297. The van der Waals surface area contributed by atoms with Gasteiger partial charge in [-0.1, -0.05) is 0 Å². The number of urea groups is 1. The molecule has 0 bridgehead atoms. The van der Waals surface area contributed by atoms with Gasteiger partial charge >= 0.3 is 12.0 Å². The molecule has 3 rings (SSSR count). The minimum absolute atomic E-state index is 0.146. The van der Waals surface area contributed by atoms with Gasteiger partial charge in [-0.05, 0) is 19.3 Å². The van der Waals surface area contributed by atoms with Gasteiger partial charge in [-0.2, -0.15) is 5.10 Å². The van der Waals surface area contributed by atoms with Crippen LogP contribution >= 0.6 is 0 Å². The minimum atomic E-state index is -0.974. The summed E-state index contributed by atoms with van der Waals surface area (Å²) in [4.78, 5) is 24.8. The van der Waals surface area contributed by atoms with E-state index in [2.05, 4.69) is 10.4 Å². The first kappa shape index (κ1) is 13.9. The maximum Gasteiger partial charge on any atom is 0.325 e. The van der Waals surface area contributed by atoms with Gasteiger partial charge in [0.25, 0.3) is 0 Å². The zero-order valence-electron chi connectivity index (χ0n) is 11.6. The predicted octanol–water partition coefficient (Wildman–Crippen LogP) is 0.753. The normalized spacial score (nSPS) is 24.7. The van der Waals surface area contributed by atoms with Gasteiger partial charge in [0.2, 0.25) is 0 Å². The first-order valence-electron chi connectivity index (χ1n) is 7.07. The third kappa shape index (κ3) is 2.99. The second kappa shape index (κ2) is 5.72. The highest BCUT2D eigenvalue weighted by Gasteiger charge is 2.38. The van der Waals surface area contributed by atoms with Crippen molar-refractivity contribution in [3.05, 3.63) is 12.4 Å². The summed E-state index contributed by atoms with van der Waals surface area (Å²) < 4.78 is 6.95. The van der Waals surface area contributed by atoms with Crippen LogP contribution in [0.5, 0.6) is 0 Å². The summed E-state index contributed by atoms with van der Waals surface area (Å²) in [6.07, 6.45) is 6.17. The van der Waals surface area contributed by atoms with Crippen LogP contribution < -0.4 is 5.32 Å². The van der Waals surface area contributed by atoms with Gasteiger partial charge in [-0.25, -0.2) is 4.79 Å². The summed E-state index contributed by atoms with van der Waals surface area (Å²) in [7, 11) is 0. The molecule has 0 spiro atoms. The van der Waals surface area contributed by atoms with Crippen molar-refractivity contribution >= 4 is 17.7 Å². The van der Waals surface area contributed by atoms with Crippen LogP contribution in [0.3, 0.4) is 0 Å². The zero-order chi connectivity index (χ0) is 14.8. The molecule has 2 fully saturated rings. The number of carboxylic acids is 1. The van der Waals surface area contributed by atoms with Crippen molar-refractivity contribution in [2.75, 3.05) is 18.5 Å². The number of nitrogens with zero attached hydrogens (tertiary/aromatic N) is 3. The van der Waals surface area contributed by atoms with Crippen LogP contribution in [0.15, 0.2) is 12.4 Å². The van der Waals surface area contributed by atoms with Gasteiger partial charge in [0.05, 0.1) is 30.6 Å². The largest absolute Gasteiger partial charge is 0.480 e. The molecule has 21 heavy (non-hydrogen) atoms. The fourth-order valence-electron chi connectivity index (χ4n) is 3.03. The monoisotopic (exact) mass is 294 g/mol. The Morgan fingerprint density at radius 1 is 1.48 bits per heavy atom. The zero-order valence-corrected chi connectivity index (χ0v) is 11.6. The second-order valence-corrected chi connectivity index (χ2v) is 5.35. The van der Waals surface area contributed by atoms with E-state index in [0.29, 0.717) is 18.8 Å². The number of nitrogens with one attached hydrogen (secondary N) is 1. The highest BCUT2D eigenvalue weighted by atomic mass is 16.5. The Labute approximate surface area is 121 Å². The van der Waals surface area contributed by atoms with Crippen LogP contribution in [0.4, 0.5) is 10.5 Å². The summed E-state index contributed by atoms with van der Waals surface area (Å²) in [6.45, 7) is 0.918. The number of carbonyl (C=O) groups excluding carboxylic acids is 1. The third-order valence-corrected chi connectivity index (χ3v) is 3.92. The molecule has 1 aliphatic heterocycles. The van der Waals surface area contributed by atoms with Gasteiger partial charge in [-0.15, -0.1) is 0 Å². The lowest BCUT2D eigenvalue weighted by Crippen LogP contribution is -2.52. The standard InChI is InChI=1S/C13H18N4O4/c18-12(19)8-16-7-9(6-14-16)15-13(20)17-4-5-21-11-3-1-2-10(11)17/h6-7,10-11H,1-5,8H2,(H,15,20)(H,18,19). The smallest absolute Gasteiger partial charge is 0.325 e. The quantitative estimate of drug-likeness (QED) is 0.857. The highest BCUT2D eigenvalue weighted by molar-refractivity contribution is 5.89. The fraction of sp³-hybridized carbons (Fsp3) is 0.615. The maximum absolute atomic E-state index is 12.3. The number of rotatable bonds is 3. The third-order valence-electron chi connectivity index (χ3n) is 3.92. The average Bonchev–Trinajstić information content (AvgIpc) is 3.06. The van der Waals surface area contributed by atoms with Crippen molar-refractivity contribution < 1.29 is 19.4 Å². The van der Waals surface area contributed by atoms with Crippen molar-refractivity contribution in [1.82, 2.24) is 14.7 Å². The molecule has 2 atom stereocenters. The molecule has 0 radical (unpaired) electrons. The van der Waals surface area contributed by atoms with E-state index in [0.717, 1.165) is 19.3 Å². The van der Waals surface area contributed by atoms with Crippen molar-refractivity contribution in [3.63, 3.8) is 0 Å². The van der Waals surface area contributed by atoms with Gasteiger partial charge in [-0.3, -0.25) is 9.48 Å². The number of aromatic nitrogens is 2. The summed E-state index contributed by atoms with van der Waals surface area (Å²) in [5.74, 6) is -0.974. The van der Waals surface area contributed by atoms with Crippen LogP contribution in [-0.4, -0.2) is 57.1 Å². The molecule has 2 aliphatic rings. The Balaban J connectivity index is 1.62. The molecule has 1 aliphatic carbocycles. The Kier molecular flexibility index (Phi) is 3.78. The molecule has 8 nitrogen and oxygen atoms in total. The van der Waals surface area contributed by atoms with Gasteiger partial charge < -0.3 is 20.1 Å². The number of hydrogen-bond donors (Lipinski definition) is 2. The van der Waals surface area contributed by atoms with Gasteiger partial charge in [0.1, 0.15) is 6.54 Å². The molecule has 2 amide bonds. The first-order valence-corrected chi connectivity index (χ1v) is 7.07. The number of aliphatic carboxylic acids is 1. The molecule has 2 N–H and O–H groups in total. The van der Waals surface area contributed by atoms with Gasteiger partial charge in [0, 0.05) is 12.7 Å². The number of amides is 2. The lowest BCUT2D eigenvalue weighted by Gasteiger charge is -2.37. The Hall–Kier alpha value is -2.09. The van der Waals surface area contributed by atoms with Gasteiger partial charge in [0.15, 0.2) is 0 Å². The van der Waals surface area contributed by atoms with Crippen LogP contribution in [0.1, 0.15) is 19.3 Å². The van der Waals surface area contributed by atoms with E-state index in [1.807, 2.05) is 4.90 Å². The lowest BCUT2D eigenvalue weighted by molar-refractivity contribution is -0.137. The summed E-state index contributed by atoms with van der Waals surface area (Å²) in [5.41, 5.74) is 0.502. The summed E-state index contributed by atoms with van der Waals surface area (Å²) in [5, 5.41) is 15.4. The summed E-state index contributed by atoms with van der Waals surface area (Å²) >= 11 is 0. The van der Waals surface area contributed by atoms with Crippen molar-refractivity contribution in [1.29, 1.82) is 0 Å². The van der Waals surface area contributed by atoms with Crippen LogP contribution in [0.2, 0.25) is 0 Å². The topological polar surface area (TPSA) is 96.7 Å². The number of anilines is 1. The second-order valence-electron chi connectivity index (χ2n) is 5.35. The fourth-order valence-corrected chi connectivity index (χ4v) is 3.03.